The summed E-state index contributed by atoms with van der Waals surface area (Å²) >= 11 is 0. The third kappa shape index (κ3) is 4.01. The molecule has 0 saturated heterocycles. The second-order valence-corrected chi connectivity index (χ2v) is 6.74. The number of amides is 1. The van der Waals surface area contributed by atoms with Crippen LogP contribution in [0.2, 0.25) is 0 Å². The van der Waals surface area contributed by atoms with Gasteiger partial charge in [0.05, 0.1) is 5.69 Å². The third-order valence-corrected chi connectivity index (χ3v) is 4.61. The topological polar surface area (TPSA) is 87.7 Å². The quantitative estimate of drug-likeness (QED) is 0.538. The number of phenols is 1. The van der Waals surface area contributed by atoms with E-state index in [0.29, 0.717) is 22.5 Å². The Balaban J connectivity index is 1.87. The van der Waals surface area contributed by atoms with Gasteiger partial charge >= 0.3 is 0 Å². The number of nitrogens with one attached hydrogen (secondary N) is 1. The number of fused-ring (bicyclic) bond motifs is 1. The molecule has 144 valence electrons. The number of nitrogens with zero attached hydrogens (tertiary/aromatic N) is 2. The first kappa shape index (κ1) is 18.4. The van der Waals surface area contributed by atoms with E-state index in [4.69, 9.17) is 4.42 Å². The van der Waals surface area contributed by atoms with Crippen LogP contribution in [0, 0.1) is 13.8 Å². The minimum atomic E-state index is -0.384. The first-order valence-electron chi connectivity index (χ1n) is 9.11. The van der Waals surface area contributed by atoms with Crippen molar-refractivity contribution < 1.29 is 14.3 Å². The lowest BCUT2D eigenvalue weighted by Gasteiger charge is -2.07. The normalized spacial score (nSPS) is 11.6. The van der Waals surface area contributed by atoms with Crippen molar-refractivity contribution in [3.05, 3.63) is 89.1 Å². The van der Waals surface area contributed by atoms with E-state index < -0.39 is 0 Å². The molecule has 0 aliphatic heterocycles. The van der Waals surface area contributed by atoms with Crippen LogP contribution in [0.3, 0.4) is 0 Å². The predicted molar refractivity (Wildman–Crippen MR) is 111 cm³/mol. The van der Waals surface area contributed by atoms with Gasteiger partial charge in [0, 0.05) is 17.6 Å². The van der Waals surface area contributed by atoms with Crippen molar-refractivity contribution >= 4 is 28.4 Å². The van der Waals surface area contributed by atoms with Crippen molar-refractivity contribution in [1.82, 2.24) is 4.98 Å². The third-order valence-electron chi connectivity index (χ3n) is 4.61. The number of aromatic hydroxyl groups is 1. The van der Waals surface area contributed by atoms with Gasteiger partial charge in [-0.3, -0.25) is 4.79 Å². The number of aryl methyl sites for hydroxylation is 2. The molecule has 6 nitrogen and oxygen atoms in total. The number of carbonyl (C=O) groups excluding carboxylic acids is 1. The first-order chi connectivity index (χ1) is 14.0. The van der Waals surface area contributed by atoms with Crippen LogP contribution < -0.4 is 10.9 Å². The van der Waals surface area contributed by atoms with E-state index >= 15 is 0 Å². The van der Waals surface area contributed by atoms with Crippen molar-refractivity contribution in [1.29, 1.82) is 0 Å². The lowest BCUT2D eigenvalue weighted by molar-refractivity contribution is 0.102. The molecule has 0 aliphatic carbocycles. The Bertz CT molecular complexity index is 1280. The van der Waals surface area contributed by atoms with Crippen LogP contribution in [0.15, 0.2) is 76.3 Å². The maximum Gasteiger partial charge on any atom is 0.262 e. The minimum absolute atomic E-state index is 0.0732. The summed E-state index contributed by atoms with van der Waals surface area (Å²) in [7, 11) is 0. The molecule has 0 radical (unpaired) electrons. The van der Waals surface area contributed by atoms with Crippen LogP contribution in [0.25, 0.3) is 11.0 Å². The second kappa shape index (κ2) is 7.59. The molecule has 2 N–H and O–H groups in total. The Morgan fingerprint density at radius 2 is 1.90 bits per heavy atom. The Morgan fingerprint density at radius 3 is 2.66 bits per heavy atom. The van der Waals surface area contributed by atoms with Crippen molar-refractivity contribution in [3.63, 3.8) is 0 Å². The predicted octanol–water partition coefficient (Wildman–Crippen LogP) is 4.63. The van der Waals surface area contributed by atoms with Gasteiger partial charge in [-0.2, -0.15) is 0 Å². The van der Waals surface area contributed by atoms with E-state index in [1.807, 2.05) is 32.0 Å². The molecule has 0 bridgehead atoms. The molecule has 0 aliphatic rings. The second-order valence-electron chi connectivity index (χ2n) is 6.74. The molecule has 2 aromatic heterocycles. The van der Waals surface area contributed by atoms with Gasteiger partial charge in [0.2, 0.25) is 5.55 Å². The Labute approximate surface area is 167 Å². The van der Waals surface area contributed by atoms with Crippen LogP contribution in [-0.2, 0) is 0 Å². The van der Waals surface area contributed by atoms with Crippen LogP contribution in [0.5, 0.6) is 5.75 Å². The van der Waals surface area contributed by atoms with Gasteiger partial charge in [-0.15, -0.1) is 0 Å². The summed E-state index contributed by atoms with van der Waals surface area (Å²) < 4.78 is 5.90. The number of aromatic nitrogens is 1. The molecule has 6 heteroatoms. The SMILES string of the molecule is Cc1ccc(N=c2oc3cc(O)ccc3cc2C(=O)Nc2ccccn2)cc1C. The molecule has 0 spiro atoms. The number of hydrogen-bond acceptors (Lipinski definition) is 5. The van der Waals surface area contributed by atoms with Gasteiger partial charge in [-0.05, 0) is 67.4 Å². The molecule has 0 atom stereocenters. The van der Waals surface area contributed by atoms with Crippen molar-refractivity contribution in [2.75, 3.05) is 5.32 Å². The van der Waals surface area contributed by atoms with Crippen molar-refractivity contribution in [2.24, 2.45) is 4.99 Å². The number of carbonyl (C=O) groups is 1. The molecule has 2 aromatic carbocycles. The Morgan fingerprint density at radius 1 is 1.03 bits per heavy atom. The average molecular weight is 385 g/mol. The van der Waals surface area contributed by atoms with Gasteiger partial charge in [0.15, 0.2) is 0 Å². The molecule has 29 heavy (non-hydrogen) atoms. The summed E-state index contributed by atoms with van der Waals surface area (Å²) in [6.07, 6.45) is 1.60. The van der Waals surface area contributed by atoms with E-state index in [0.717, 1.165) is 11.1 Å². The maximum absolute atomic E-state index is 12.9. The summed E-state index contributed by atoms with van der Waals surface area (Å²) in [6, 6.07) is 17.4. The van der Waals surface area contributed by atoms with Crippen molar-refractivity contribution in [3.8, 4) is 5.75 Å². The van der Waals surface area contributed by atoms with Gasteiger partial charge in [0.1, 0.15) is 22.7 Å². The monoisotopic (exact) mass is 385 g/mol. The molecule has 0 saturated carbocycles. The Hall–Kier alpha value is -3.93. The average Bonchev–Trinajstić information content (AvgIpc) is 2.71. The van der Waals surface area contributed by atoms with Gasteiger partial charge < -0.3 is 14.8 Å². The van der Waals surface area contributed by atoms with Gasteiger partial charge in [-0.1, -0.05) is 12.1 Å². The fourth-order valence-corrected chi connectivity index (χ4v) is 2.89. The molecule has 4 rings (SSSR count). The molecule has 0 fully saturated rings. The molecular weight excluding hydrogens is 366 g/mol. The zero-order valence-corrected chi connectivity index (χ0v) is 16.0. The lowest BCUT2D eigenvalue weighted by atomic mass is 10.1. The first-order valence-corrected chi connectivity index (χ1v) is 9.11. The number of phenolic OH excluding ortho intramolecular Hbond substituents is 1. The standard InChI is InChI=1S/C23H19N3O3/c1-14-6-8-17(11-15(14)2)25-23-19(22(28)26-21-5-3-4-10-24-21)12-16-7-9-18(27)13-20(16)29-23/h3-13,27H,1-2H3,(H,24,26,28). The number of hydrogen-bond donors (Lipinski definition) is 2. The molecule has 4 aromatic rings. The zero-order chi connectivity index (χ0) is 20.4. The van der Waals surface area contributed by atoms with Crippen LogP contribution in [0.1, 0.15) is 21.5 Å². The highest BCUT2D eigenvalue weighted by atomic mass is 16.3. The Kier molecular flexibility index (Phi) is 4.83. The highest BCUT2D eigenvalue weighted by molar-refractivity contribution is 6.05. The minimum Gasteiger partial charge on any atom is -0.508 e. The van der Waals surface area contributed by atoms with Crippen LogP contribution in [0.4, 0.5) is 11.5 Å². The smallest absolute Gasteiger partial charge is 0.262 e. The largest absolute Gasteiger partial charge is 0.508 e. The molecule has 0 unspecified atom stereocenters. The van der Waals surface area contributed by atoms with E-state index in [-0.39, 0.29) is 22.8 Å². The number of pyridine rings is 1. The fraction of sp³-hybridized carbons (Fsp3) is 0.0870. The molecule has 2 heterocycles. The summed E-state index contributed by atoms with van der Waals surface area (Å²) in [5.41, 5.74) is 3.76. The van der Waals surface area contributed by atoms with Crippen LogP contribution >= 0.6 is 0 Å². The summed E-state index contributed by atoms with van der Waals surface area (Å²) in [6.45, 7) is 4.02. The number of anilines is 1. The zero-order valence-electron chi connectivity index (χ0n) is 16.0. The summed E-state index contributed by atoms with van der Waals surface area (Å²) in [4.78, 5) is 21.6. The van der Waals surface area contributed by atoms with E-state index in [9.17, 15) is 9.90 Å². The van der Waals surface area contributed by atoms with Gasteiger partial charge in [0.25, 0.3) is 5.91 Å². The summed E-state index contributed by atoms with van der Waals surface area (Å²) in [5.74, 6) is 0.120. The number of benzene rings is 2. The molecular formula is C23H19N3O3. The van der Waals surface area contributed by atoms with E-state index in [1.54, 1.807) is 42.6 Å². The van der Waals surface area contributed by atoms with E-state index in [1.165, 1.54) is 6.07 Å². The highest BCUT2D eigenvalue weighted by Gasteiger charge is 2.14. The number of rotatable bonds is 3. The van der Waals surface area contributed by atoms with Crippen molar-refractivity contribution in [2.45, 2.75) is 13.8 Å². The van der Waals surface area contributed by atoms with Gasteiger partial charge in [-0.25, -0.2) is 9.98 Å². The van der Waals surface area contributed by atoms with Crippen LogP contribution in [-0.4, -0.2) is 16.0 Å². The summed E-state index contributed by atoms with van der Waals surface area (Å²) in [5, 5.41) is 13.2. The highest BCUT2D eigenvalue weighted by Crippen LogP contribution is 2.21. The van der Waals surface area contributed by atoms with E-state index in [2.05, 4.69) is 15.3 Å². The lowest BCUT2D eigenvalue weighted by Crippen LogP contribution is -2.22. The molecule has 1 amide bonds. The maximum atomic E-state index is 12.9. The fourth-order valence-electron chi connectivity index (χ4n) is 2.89.